The van der Waals surface area contributed by atoms with Crippen molar-refractivity contribution in [3.8, 4) is 0 Å². The van der Waals surface area contributed by atoms with Gasteiger partial charge < -0.3 is 0 Å². The van der Waals surface area contributed by atoms with Crippen molar-refractivity contribution in [3.05, 3.63) is 209 Å². The number of fused-ring (bicyclic) bond motifs is 4. The monoisotopic (exact) mass is 590 g/mol. The maximum absolute atomic E-state index is 4.64. The standard InChI is InChI=1S/C46H38/c1-5-6-14-31(2)32(3)23-24-33(4)45-41-20-11-12-21-42(41)46(40-22-13-18-35-16-9-10-19-39(35)40)44-30-38(27-28-43(44)45)37-26-25-34-15-7-8-17-36(34)29-37/h5-12,14-21,23-30,43-44H,1-4,13,22H2/b14-6-,24-23-. The quantitative estimate of drug-likeness (QED) is 0.181. The summed E-state index contributed by atoms with van der Waals surface area (Å²) in [6.45, 7) is 16.8. The second-order valence-electron chi connectivity index (χ2n) is 12.3. The molecule has 0 aliphatic heterocycles. The maximum atomic E-state index is 4.64. The molecule has 0 aromatic heterocycles. The first-order valence-electron chi connectivity index (χ1n) is 16.1. The molecule has 3 aliphatic rings. The molecule has 0 heterocycles. The summed E-state index contributed by atoms with van der Waals surface area (Å²) in [7, 11) is 0. The molecule has 2 atom stereocenters. The Balaban J connectivity index is 1.45. The fourth-order valence-corrected chi connectivity index (χ4v) is 7.27. The molecular formula is C46H38. The van der Waals surface area contributed by atoms with Crippen LogP contribution >= 0.6 is 0 Å². The summed E-state index contributed by atoms with van der Waals surface area (Å²) in [6.07, 6.45) is 21.4. The van der Waals surface area contributed by atoms with E-state index in [9.17, 15) is 0 Å². The number of hydrogen-bond donors (Lipinski definition) is 0. The van der Waals surface area contributed by atoms with E-state index in [1.807, 2.05) is 18.2 Å². The number of hydrogen-bond acceptors (Lipinski definition) is 0. The predicted molar refractivity (Wildman–Crippen MR) is 199 cm³/mol. The van der Waals surface area contributed by atoms with E-state index in [2.05, 4.69) is 148 Å². The van der Waals surface area contributed by atoms with Crippen molar-refractivity contribution in [2.24, 2.45) is 11.8 Å². The lowest BCUT2D eigenvalue weighted by molar-refractivity contribution is 0.690. The van der Waals surface area contributed by atoms with Crippen molar-refractivity contribution < 1.29 is 0 Å². The Hall–Kier alpha value is -5.46. The van der Waals surface area contributed by atoms with Crippen LogP contribution in [0.4, 0.5) is 0 Å². The Morgan fingerprint density at radius 2 is 1.41 bits per heavy atom. The fraction of sp³-hybridized carbons (Fsp3) is 0.0870. The van der Waals surface area contributed by atoms with Gasteiger partial charge in [-0.25, -0.2) is 0 Å². The molecule has 0 N–H and O–H groups in total. The van der Waals surface area contributed by atoms with Crippen LogP contribution in [-0.2, 0) is 0 Å². The first-order valence-corrected chi connectivity index (χ1v) is 16.1. The third kappa shape index (κ3) is 5.37. The highest BCUT2D eigenvalue weighted by molar-refractivity contribution is 5.97. The summed E-state index contributed by atoms with van der Waals surface area (Å²) >= 11 is 0. The largest absolute Gasteiger partial charge is 0.0991 e. The van der Waals surface area contributed by atoms with Crippen LogP contribution in [0.15, 0.2) is 183 Å². The van der Waals surface area contributed by atoms with E-state index in [1.165, 1.54) is 59.5 Å². The molecule has 0 radical (unpaired) electrons. The molecule has 4 aromatic rings. The lowest BCUT2D eigenvalue weighted by Gasteiger charge is -2.36. The second-order valence-corrected chi connectivity index (χ2v) is 12.3. The highest BCUT2D eigenvalue weighted by Crippen LogP contribution is 2.44. The molecule has 7 rings (SSSR count). The molecule has 222 valence electrons. The maximum Gasteiger partial charge on any atom is 0.0140 e. The predicted octanol–water partition coefficient (Wildman–Crippen LogP) is 8.43. The summed E-state index contributed by atoms with van der Waals surface area (Å²) in [5.74, 6) is 0.310. The second kappa shape index (κ2) is 12.5. The van der Waals surface area contributed by atoms with Crippen molar-refractivity contribution >= 4 is 39.1 Å². The van der Waals surface area contributed by atoms with E-state index in [0.29, 0.717) is 0 Å². The van der Waals surface area contributed by atoms with Gasteiger partial charge in [0.05, 0.1) is 0 Å². The topological polar surface area (TPSA) is 0 Å². The number of allylic oxidation sites excluding steroid dienone is 12. The van der Waals surface area contributed by atoms with E-state index >= 15 is 0 Å². The third-order valence-corrected chi connectivity index (χ3v) is 9.53. The first-order chi connectivity index (χ1) is 22.5. The molecule has 2 unspecified atom stereocenters. The van der Waals surface area contributed by atoms with Crippen LogP contribution in [-0.4, -0.2) is 0 Å². The molecule has 0 amide bonds. The van der Waals surface area contributed by atoms with Crippen LogP contribution in [0.25, 0.3) is 39.1 Å². The number of rotatable bonds is 8. The third-order valence-electron chi connectivity index (χ3n) is 9.53. The van der Waals surface area contributed by atoms with Gasteiger partial charge in [0.1, 0.15) is 0 Å². The van der Waals surface area contributed by atoms with Gasteiger partial charge in [-0.3, -0.25) is 0 Å². The summed E-state index contributed by atoms with van der Waals surface area (Å²) in [5.41, 5.74) is 9.39. The summed E-state index contributed by atoms with van der Waals surface area (Å²) in [5, 5.41) is 7.78. The molecule has 0 saturated carbocycles. The normalized spacial score (nSPS) is 18.5. The minimum atomic E-state index is 0.147. The molecule has 0 spiro atoms. The van der Waals surface area contributed by atoms with Gasteiger partial charge in [-0.15, -0.1) is 0 Å². The zero-order valence-corrected chi connectivity index (χ0v) is 26.3. The van der Waals surface area contributed by atoms with Gasteiger partial charge in [-0.05, 0) is 95.1 Å². The zero-order valence-electron chi connectivity index (χ0n) is 26.3. The highest BCUT2D eigenvalue weighted by Gasteiger charge is 2.34. The van der Waals surface area contributed by atoms with Crippen LogP contribution < -0.4 is 20.9 Å². The van der Waals surface area contributed by atoms with Gasteiger partial charge in [0.15, 0.2) is 0 Å². The van der Waals surface area contributed by atoms with Crippen LogP contribution in [0, 0.1) is 11.8 Å². The molecule has 0 nitrogen and oxygen atoms in total. The molecule has 0 heteroatoms. The first kappa shape index (κ1) is 29.3. The Labute approximate surface area is 272 Å². The van der Waals surface area contributed by atoms with Gasteiger partial charge in [0.2, 0.25) is 0 Å². The minimum Gasteiger partial charge on any atom is -0.0991 e. The lowest BCUT2D eigenvalue weighted by Crippen LogP contribution is -2.42. The van der Waals surface area contributed by atoms with Gasteiger partial charge in [-0.2, -0.15) is 0 Å². The van der Waals surface area contributed by atoms with Gasteiger partial charge in [0, 0.05) is 11.8 Å². The molecule has 0 saturated heterocycles. The Morgan fingerprint density at radius 1 is 0.696 bits per heavy atom. The van der Waals surface area contributed by atoms with E-state index in [0.717, 1.165) is 29.6 Å². The van der Waals surface area contributed by atoms with Gasteiger partial charge >= 0.3 is 0 Å². The molecule has 3 aliphatic carbocycles. The fourth-order valence-electron chi connectivity index (χ4n) is 7.27. The van der Waals surface area contributed by atoms with Crippen LogP contribution in [0.1, 0.15) is 18.4 Å². The Morgan fingerprint density at radius 3 is 2.24 bits per heavy atom. The zero-order chi connectivity index (χ0) is 31.6. The highest BCUT2D eigenvalue weighted by atomic mass is 14.4. The molecule has 4 aromatic carbocycles. The average Bonchev–Trinajstić information content (AvgIpc) is 3.11. The SMILES string of the molecule is C=C/C=C\C(=C)C(=C)/C=C\C(=C)C1=c2ccccc2=C(C2=c3ccccc3=CCC2)C2C=C(c3ccc4ccccc4c3)C=CC12. The number of benzene rings is 4. The Kier molecular flexibility index (Phi) is 7.95. The van der Waals surface area contributed by atoms with Gasteiger partial charge in [-0.1, -0.05) is 166 Å². The summed E-state index contributed by atoms with van der Waals surface area (Å²) in [4.78, 5) is 0. The average molecular weight is 591 g/mol. The summed E-state index contributed by atoms with van der Waals surface area (Å²) < 4.78 is 0. The van der Waals surface area contributed by atoms with E-state index in [-0.39, 0.29) is 11.8 Å². The summed E-state index contributed by atoms with van der Waals surface area (Å²) in [6, 6.07) is 33.2. The van der Waals surface area contributed by atoms with Crippen molar-refractivity contribution in [3.63, 3.8) is 0 Å². The van der Waals surface area contributed by atoms with Crippen molar-refractivity contribution in [1.29, 1.82) is 0 Å². The minimum absolute atomic E-state index is 0.147. The molecule has 0 bridgehead atoms. The van der Waals surface area contributed by atoms with Crippen LogP contribution in [0.2, 0.25) is 0 Å². The van der Waals surface area contributed by atoms with E-state index < -0.39 is 0 Å². The van der Waals surface area contributed by atoms with Crippen molar-refractivity contribution in [1.82, 2.24) is 0 Å². The molecule has 46 heavy (non-hydrogen) atoms. The smallest absolute Gasteiger partial charge is 0.0140 e. The van der Waals surface area contributed by atoms with Crippen molar-refractivity contribution in [2.75, 3.05) is 0 Å². The Bertz CT molecular complexity index is 2330. The van der Waals surface area contributed by atoms with E-state index in [1.54, 1.807) is 6.08 Å². The van der Waals surface area contributed by atoms with Crippen LogP contribution in [0.5, 0.6) is 0 Å². The van der Waals surface area contributed by atoms with E-state index in [4.69, 9.17) is 0 Å². The molecular weight excluding hydrogens is 553 g/mol. The molecule has 0 fully saturated rings. The van der Waals surface area contributed by atoms with Crippen molar-refractivity contribution in [2.45, 2.75) is 12.8 Å². The lowest BCUT2D eigenvalue weighted by atomic mass is 9.67. The van der Waals surface area contributed by atoms with Crippen LogP contribution in [0.3, 0.4) is 0 Å². The van der Waals surface area contributed by atoms with Gasteiger partial charge in [0.25, 0.3) is 0 Å².